The Kier molecular flexibility index (Phi) is 6.27. The van der Waals surface area contributed by atoms with Crippen molar-refractivity contribution in [2.75, 3.05) is 17.2 Å². The van der Waals surface area contributed by atoms with Gasteiger partial charge < -0.3 is 10.6 Å². The smallest absolute Gasteiger partial charge is 0.274 e. The van der Waals surface area contributed by atoms with E-state index in [1.54, 1.807) is 13.0 Å². The second kappa shape index (κ2) is 8.86. The average Bonchev–Trinajstić information content (AvgIpc) is 2.68. The first-order valence-corrected chi connectivity index (χ1v) is 9.87. The molecule has 1 heterocycles. The summed E-state index contributed by atoms with van der Waals surface area (Å²) >= 11 is 0. The molecule has 0 fully saturated rings. The number of nitrogens with zero attached hydrogens (tertiary/aromatic N) is 2. The van der Waals surface area contributed by atoms with Crippen molar-refractivity contribution in [3.05, 3.63) is 83.3 Å². The second-order valence-electron chi connectivity index (χ2n) is 8.13. The molecule has 0 bridgehead atoms. The van der Waals surface area contributed by atoms with E-state index in [1.165, 1.54) is 11.1 Å². The third-order valence-corrected chi connectivity index (χ3v) is 4.64. The Balaban J connectivity index is 1.64. The van der Waals surface area contributed by atoms with Gasteiger partial charge in [-0.1, -0.05) is 63.2 Å². The quantitative estimate of drug-likeness (QED) is 0.624. The number of aryl methyl sites for hydroxylation is 1. The lowest BCUT2D eigenvalue weighted by atomic mass is 9.87. The Morgan fingerprint density at radius 1 is 0.966 bits per heavy atom. The maximum absolute atomic E-state index is 12.7. The van der Waals surface area contributed by atoms with Crippen LogP contribution in [0.3, 0.4) is 0 Å². The van der Waals surface area contributed by atoms with Crippen LogP contribution in [0.1, 0.15) is 48.2 Å². The van der Waals surface area contributed by atoms with Crippen molar-refractivity contribution in [1.82, 2.24) is 9.97 Å². The fourth-order valence-electron chi connectivity index (χ4n) is 3.00. The minimum atomic E-state index is -0.245. The van der Waals surface area contributed by atoms with Crippen LogP contribution in [0.15, 0.2) is 60.7 Å². The highest BCUT2D eigenvalue weighted by atomic mass is 16.1. The first-order chi connectivity index (χ1) is 13.8. The number of hydrogen-bond donors (Lipinski definition) is 2. The molecule has 150 valence electrons. The third-order valence-electron chi connectivity index (χ3n) is 4.64. The second-order valence-corrected chi connectivity index (χ2v) is 8.13. The number of carbonyl (C=O) groups is 1. The van der Waals surface area contributed by atoms with Crippen molar-refractivity contribution in [2.45, 2.75) is 39.5 Å². The van der Waals surface area contributed by atoms with E-state index in [1.807, 2.05) is 42.5 Å². The standard InChI is InChI=1S/C24H28N4O/c1-17-26-21(16-22(27-17)25-15-14-18-8-6-5-7-9-18)23(29)28-20-12-10-19(11-13-20)24(2,3)4/h5-13,16H,14-15H2,1-4H3,(H,28,29)(H,25,26,27). The molecule has 0 aliphatic heterocycles. The van der Waals surface area contributed by atoms with Crippen LogP contribution in [-0.2, 0) is 11.8 Å². The van der Waals surface area contributed by atoms with Crippen LogP contribution in [0.5, 0.6) is 0 Å². The topological polar surface area (TPSA) is 66.9 Å². The summed E-state index contributed by atoms with van der Waals surface area (Å²) in [6, 6.07) is 19.9. The van der Waals surface area contributed by atoms with Crippen molar-refractivity contribution in [2.24, 2.45) is 0 Å². The SMILES string of the molecule is Cc1nc(NCCc2ccccc2)cc(C(=O)Nc2ccc(C(C)(C)C)cc2)n1. The number of hydrogen-bond acceptors (Lipinski definition) is 4. The fraction of sp³-hybridized carbons (Fsp3) is 0.292. The van der Waals surface area contributed by atoms with Crippen molar-refractivity contribution >= 4 is 17.4 Å². The molecule has 1 amide bonds. The van der Waals surface area contributed by atoms with E-state index < -0.39 is 0 Å². The molecule has 0 aliphatic rings. The molecule has 0 spiro atoms. The van der Waals surface area contributed by atoms with Crippen LogP contribution >= 0.6 is 0 Å². The van der Waals surface area contributed by atoms with Crippen molar-refractivity contribution in [3.63, 3.8) is 0 Å². The summed E-state index contributed by atoms with van der Waals surface area (Å²) in [5.41, 5.74) is 3.64. The van der Waals surface area contributed by atoms with Crippen LogP contribution in [0.2, 0.25) is 0 Å². The normalized spacial score (nSPS) is 11.2. The van der Waals surface area contributed by atoms with E-state index >= 15 is 0 Å². The minimum Gasteiger partial charge on any atom is -0.370 e. The zero-order valence-corrected chi connectivity index (χ0v) is 17.5. The lowest BCUT2D eigenvalue weighted by Gasteiger charge is -2.19. The number of benzene rings is 2. The average molecular weight is 389 g/mol. The molecule has 0 saturated heterocycles. The van der Waals surface area contributed by atoms with Gasteiger partial charge in [0.05, 0.1) is 0 Å². The molecule has 5 heteroatoms. The molecular formula is C24H28N4O. The summed E-state index contributed by atoms with van der Waals surface area (Å²) in [5.74, 6) is 0.967. The molecule has 3 aromatic rings. The summed E-state index contributed by atoms with van der Waals surface area (Å²) in [5, 5.41) is 6.20. The van der Waals surface area contributed by atoms with Crippen molar-refractivity contribution in [1.29, 1.82) is 0 Å². The molecule has 2 aromatic carbocycles. The number of anilines is 2. The van der Waals surface area contributed by atoms with E-state index in [-0.39, 0.29) is 11.3 Å². The Labute approximate surface area is 172 Å². The monoisotopic (exact) mass is 388 g/mol. The minimum absolute atomic E-state index is 0.0760. The molecule has 0 aliphatic carbocycles. The molecule has 1 aromatic heterocycles. The van der Waals surface area contributed by atoms with Crippen LogP contribution in [0.4, 0.5) is 11.5 Å². The highest BCUT2D eigenvalue weighted by molar-refractivity contribution is 6.03. The van der Waals surface area contributed by atoms with Gasteiger partial charge in [0.15, 0.2) is 0 Å². The van der Waals surface area contributed by atoms with Gasteiger partial charge in [0, 0.05) is 18.3 Å². The molecule has 5 nitrogen and oxygen atoms in total. The lowest BCUT2D eigenvalue weighted by molar-refractivity contribution is 0.102. The molecule has 0 saturated carbocycles. The van der Waals surface area contributed by atoms with Gasteiger partial charge in [0.1, 0.15) is 17.3 Å². The van der Waals surface area contributed by atoms with E-state index in [0.717, 1.165) is 18.7 Å². The molecule has 3 rings (SSSR count). The largest absolute Gasteiger partial charge is 0.370 e. The Bertz CT molecular complexity index is 960. The number of carbonyl (C=O) groups excluding carboxylic acids is 1. The number of rotatable bonds is 6. The van der Waals surface area contributed by atoms with E-state index in [2.05, 4.69) is 53.5 Å². The van der Waals surface area contributed by atoms with Crippen molar-refractivity contribution in [3.8, 4) is 0 Å². The van der Waals surface area contributed by atoms with Gasteiger partial charge in [-0.15, -0.1) is 0 Å². The summed E-state index contributed by atoms with van der Waals surface area (Å²) in [6.07, 6.45) is 0.881. The van der Waals surface area contributed by atoms with Gasteiger partial charge in [-0.25, -0.2) is 9.97 Å². The molecule has 0 radical (unpaired) electrons. The zero-order valence-electron chi connectivity index (χ0n) is 17.5. The molecular weight excluding hydrogens is 360 g/mol. The summed E-state index contributed by atoms with van der Waals surface area (Å²) in [7, 11) is 0. The maximum atomic E-state index is 12.7. The predicted octanol–water partition coefficient (Wildman–Crippen LogP) is 4.99. The van der Waals surface area contributed by atoms with Gasteiger partial charge >= 0.3 is 0 Å². The molecule has 2 N–H and O–H groups in total. The van der Waals surface area contributed by atoms with E-state index in [0.29, 0.717) is 17.3 Å². The van der Waals surface area contributed by atoms with E-state index in [4.69, 9.17) is 0 Å². The lowest BCUT2D eigenvalue weighted by Crippen LogP contribution is -2.17. The van der Waals surface area contributed by atoms with Gasteiger partial charge in [0.25, 0.3) is 5.91 Å². The number of amides is 1. The first-order valence-electron chi connectivity index (χ1n) is 9.87. The number of aromatic nitrogens is 2. The highest BCUT2D eigenvalue weighted by Crippen LogP contribution is 2.23. The van der Waals surface area contributed by atoms with Crippen LogP contribution in [0.25, 0.3) is 0 Å². The van der Waals surface area contributed by atoms with Gasteiger partial charge in [0.2, 0.25) is 0 Å². The maximum Gasteiger partial charge on any atom is 0.274 e. The predicted molar refractivity (Wildman–Crippen MR) is 118 cm³/mol. The Morgan fingerprint density at radius 2 is 1.66 bits per heavy atom. The van der Waals surface area contributed by atoms with Gasteiger partial charge in [-0.2, -0.15) is 0 Å². The van der Waals surface area contributed by atoms with E-state index in [9.17, 15) is 4.79 Å². The summed E-state index contributed by atoms with van der Waals surface area (Å²) < 4.78 is 0. The molecule has 0 unspecified atom stereocenters. The zero-order chi connectivity index (χ0) is 20.9. The Morgan fingerprint density at radius 3 is 2.31 bits per heavy atom. The number of nitrogens with one attached hydrogen (secondary N) is 2. The van der Waals surface area contributed by atoms with Crippen LogP contribution in [0, 0.1) is 6.92 Å². The summed E-state index contributed by atoms with van der Waals surface area (Å²) in [6.45, 7) is 9.01. The summed E-state index contributed by atoms with van der Waals surface area (Å²) in [4.78, 5) is 21.3. The van der Waals surface area contributed by atoms with Crippen LogP contribution < -0.4 is 10.6 Å². The Hall–Kier alpha value is -3.21. The highest BCUT2D eigenvalue weighted by Gasteiger charge is 2.14. The fourth-order valence-corrected chi connectivity index (χ4v) is 3.00. The third kappa shape index (κ3) is 5.88. The van der Waals surface area contributed by atoms with Gasteiger partial charge in [-0.05, 0) is 42.0 Å². The molecule has 0 atom stereocenters. The first kappa shape index (κ1) is 20.5. The van der Waals surface area contributed by atoms with Crippen LogP contribution in [-0.4, -0.2) is 22.4 Å². The van der Waals surface area contributed by atoms with Crippen molar-refractivity contribution < 1.29 is 4.79 Å². The molecule has 29 heavy (non-hydrogen) atoms. The van der Waals surface area contributed by atoms with Gasteiger partial charge in [-0.3, -0.25) is 4.79 Å².